The quantitative estimate of drug-likeness (QED) is 0.458. The van der Waals surface area contributed by atoms with Crippen LogP contribution >= 0.6 is 0 Å². The number of alkyl halides is 2. The fraction of sp³-hybridized carbons (Fsp3) is 0.444. The first-order valence-electron chi connectivity index (χ1n) is 9.10. The van der Waals surface area contributed by atoms with Crippen molar-refractivity contribution in [2.75, 3.05) is 24.2 Å². The van der Waals surface area contributed by atoms with Crippen LogP contribution < -0.4 is 27.0 Å². The van der Waals surface area contributed by atoms with Crippen molar-refractivity contribution in [3.8, 4) is 0 Å². The van der Waals surface area contributed by atoms with Crippen molar-refractivity contribution in [3.05, 3.63) is 41.2 Å². The van der Waals surface area contributed by atoms with E-state index in [2.05, 4.69) is 26.3 Å². The van der Waals surface area contributed by atoms with E-state index >= 15 is 0 Å². The normalized spacial score (nSPS) is 23.5. The number of dihydropyridines is 1. The topological polar surface area (TPSA) is 104 Å². The molecular formula is C18H22F4N6O. The number of anilines is 2. The number of hydrogen-bond donors (Lipinski definition) is 5. The van der Waals surface area contributed by atoms with E-state index in [-0.39, 0.29) is 36.6 Å². The zero-order chi connectivity index (χ0) is 21.2. The van der Waals surface area contributed by atoms with E-state index < -0.39 is 35.6 Å². The maximum absolute atomic E-state index is 14.5. The third-order valence-corrected chi connectivity index (χ3v) is 4.88. The number of aromatic nitrogens is 1. The molecule has 6 N–H and O–H groups in total. The summed E-state index contributed by atoms with van der Waals surface area (Å²) in [6.45, 7) is 0.212. The fourth-order valence-electron chi connectivity index (χ4n) is 3.54. The molecule has 1 aromatic heterocycles. The molecule has 0 spiro atoms. The van der Waals surface area contributed by atoms with Crippen molar-refractivity contribution < 1.29 is 22.4 Å². The van der Waals surface area contributed by atoms with Crippen molar-refractivity contribution in [1.29, 1.82) is 0 Å². The second-order valence-corrected chi connectivity index (χ2v) is 6.95. The maximum atomic E-state index is 14.5. The van der Waals surface area contributed by atoms with Gasteiger partial charge in [-0.15, -0.1) is 0 Å². The Bertz CT molecular complexity index is 857. The van der Waals surface area contributed by atoms with Crippen LogP contribution in [0.25, 0.3) is 0 Å². The predicted molar refractivity (Wildman–Crippen MR) is 101 cm³/mol. The Morgan fingerprint density at radius 2 is 2.10 bits per heavy atom. The van der Waals surface area contributed by atoms with E-state index in [0.717, 1.165) is 12.3 Å². The lowest BCUT2D eigenvalue weighted by atomic mass is 9.87. The van der Waals surface area contributed by atoms with E-state index in [1.807, 2.05) is 0 Å². The zero-order valence-corrected chi connectivity index (χ0v) is 15.7. The van der Waals surface area contributed by atoms with Gasteiger partial charge in [-0.3, -0.25) is 4.79 Å². The Balaban J connectivity index is 1.91. The molecule has 0 bridgehead atoms. The van der Waals surface area contributed by atoms with Crippen LogP contribution in [0.3, 0.4) is 0 Å². The molecule has 2 heterocycles. The van der Waals surface area contributed by atoms with Gasteiger partial charge in [0.25, 0.3) is 11.8 Å². The molecular weight excluding hydrogens is 392 g/mol. The van der Waals surface area contributed by atoms with Crippen LogP contribution in [0.4, 0.5) is 29.2 Å². The summed E-state index contributed by atoms with van der Waals surface area (Å²) in [4.78, 5) is 15.7. The highest BCUT2D eigenvalue weighted by Gasteiger charge is 2.46. The molecule has 7 nitrogen and oxygen atoms in total. The number of amides is 1. The molecule has 0 saturated heterocycles. The number of nitrogens with zero attached hydrogens (tertiary/aromatic N) is 1. The van der Waals surface area contributed by atoms with E-state index in [0.29, 0.717) is 12.1 Å². The molecule has 1 aromatic rings. The van der Waals surface area contributed by atoms with Crippen LogP contribution in [0.5, 0.6) is 0 Å². The van der Waals surface area contributed by atoms with Crippen molar-refractivity contribution in [1.82, 2.24) is 15.6 Å². The molecule has 11 heteroatoms. The van der Waals surface area contributed by atoms with Crippen molar-refractivity contribution in [3.63, 3.8) is 0 Å². The van der Waals surface area contributed by atoms with Gasteiger partial charge < -0.3 is 27.0 Å². The van der Waals surface area contributed by atoms with Gasteiger partial charge in [0.15, 0.2) is 11.6 Å². The molecule has 1 aliphatic carbocycles. The monoisotopic (exact) mass is 414 g/mol. The number of carbonyl (C=O) groups is 1. The standard InChI is InChI=1S/C18H22F4N6O/c1-24-14-13(3-2-4-18(14,21)22)27-17-12(20)6-11(15(23)29)16(28-17)26-10-5-9(19)7-25-8-10/h5-7,13-14,24-25H,2-4,8H2,1H3,(H2,23,29)(H2,26,27,28)/t13?,14-/m1/s1. The highest BCUT2D eigenvalue weighted by molar-refractivity contribution is 5.98. The molecule has 2 aliphatic rings. The first-order valence-corrected chi connectivity index (χ1v) is 9.10. The van der Waals surface area contributed by atoms with Gasteiger partial charge in [0.2, 0.25) is 0 Å². The van der Waals surface area contributed by atoms with E-state index in [9.17, 15) is 22.4 Å². The Kier molecular flexibility index (Phi) is 5.96. The van der Waals surface area contributed by atoms with Crippen molar-refractivity contribution >= 4 is 17.5 Å². The van der Waals surface area contributed by atoms with Gasteiger partial charge >= 0.3 is 0 Å². The Hall–Kier alpha value is -2.82. The summed E-state index contributed by atoms with van der Waals surface area (Å²) in [5.74, 6) is -5.77. The number of carbonyl (C=O) groups excluding carboxylic acids is 1. The lowest BCUT2D eigenvalue weighted by molar-refractivity contribution is -0.0654. The van der Waals surface area contributed by atoms with Crippen LogP contribution in [0.2, 0.25) is 0 Å². The third kappa shape index (κ3) is 4.61. The lowest BCUT2D eigenvalue weighted by Gasteiger charge is -2.38. The second-order valence-electron chi connectivity index (χ2n) is 6.95. The number of pyridine rings is 1. The lowest BCUT2D eigenvalue weighted by Crippen LogP contribution is -2.56. The first-order chi connectivity index (χ1) is 13.7. The summed E-state index contributed by atoms with van der Waals surface area (Å²) in [6.07, 6.45) is 2.72. The van der Waals surface area contributed by atoms with Crippen LogP contribution in [-0.2, 0) is 0 Å². The average Bonchev–Trinajstić information content (AvgIpc) is 2.63. The van der Waals surface area contributed by atoms with Crippen LogP contribution in [0, 0.1) is 5.82 Å². The average molecular weight is 414 g/mol. The Morgan fingerprint density at radius 1 is 1.34 bits per heavy atom. The number of primary amides is 1. The molecule has 1 unspecified atom stereocenters. The summed E-state index contributed by atoms with van der Waals surface area (Å²) >= 11 is 0. The number of allylic oxidation sites excluding steroid dienone is 2. The van der Waals surface area contributed by atoms with E-state index in [1.54, 1.807) is 0 Å². The molecule has 29 heavy (non-hydrogen) atoms. The Labute approximate surface area is 164 Å². The molecule has 158 valence electrons. The van der Waals surface area contributed by atoms with Gasteiger partial charge in [0, 0.05) is 24.4 Å². The molecule has 0 radical (unpaired) electrons. The summed E-state index contributed by atoms with van der Waals surface area (Å²) in [7, 11) is 1.41. The molecule has 1 amide bonds. The molecule has 1 fully saturated rings. The highest BCUT2D eigenvalue weighted by Crippen LogP contribution is 2.35. The fourth-order valence-corrected chi connectivity index (χ4v) is 3.54. The zero-order valence-electron chi connectivity index (χ0n) is 15.7. The van der Waals surface area contributed by atoms with Crippen LogP contribution in [0.1, 0.15) is 29.6 Å². The van der Waals surface area contributed by atoms with Crippen LogP contribution in [-0.4, -0.2) is 42.5 Å². The Morgan fingerprint density at radius 3 is 2.76 bits per heavy atom. The minimum Gasteiger partial charge on any atom is -0.383 e. The summed E-state index contributed by atoms with van der Waals surface area (Å²) in [5.41, 5.74) is 5.38. The molecule has 3 rings (SSSR count). The number of halogens is 4. The van der Waals surface area contributed by atoms with Gasteiger partial charge in [-0.05, 0) is 32.0 Å². The highest BCUT2D eigenvalue weighted by atomic mass is 19.3. The van der Waals surface area contributed by atoms with Gasteiger partial charge in [-0.1, -0.05) is 0 Å². The first kappa shape index (κ1) is 20.9. The molecule has 1 saturated carbocycles. The SMILES string of the molecule is CN[C@@H]1C(Nc2nc(NC3=CC(F)=CNC3)c(C(N)=O)cc2F)CCCC1(F)F. The minimum atomic E-state index is -2.96. The van der Waals surface area contributed by atoms with Gasteiger partial charge in [0.05, 0.1) is 18.2 Å². The number of hydrogen-bond acceptors (Lipinski definition) is 6. The number of likely N-dealkylation sites (N-methyl/N-ethyl adjacent to an activating group) is 1. The number of nitrogens with one attached hydrogen (secondary N) is 4. The molecule has 0 aromatic carbocycles. The van der Waals surface area contributed by atoms with Crippen LogP contribution in [0.15, 0.2) is 29.9 Å². The third-order valence-electron chi connectivity index (χ3n) is 4.88. The largest absolute Gasteiger partial charge is 0.383 e. The van der Waals surface area contributed by atoms with Crippen molar-refractivity contribution in [2.45, 2.75) is 37.3 Å². The number of nitrogens with two attached hydrogens (primary N) is 1. The predicted octanol–water partition coefficient (Wildman–Crippen LogP) is 2.22. The van der Waals surface area contributed by atoms with Gasteiger partial charge in [0.1, 0.15) is 11.6 Å². The van der Waals surface area contributed by atoms with E-state index in [1.165, 1.54) is 13.1 Å². The second kappa shape index (κ2) is 8.27. The minimum absolute atomic E-state index is 0.104. The summed E-state index contributed by atoms with van der Waals surface area (Å²) in [5, 5.41) is 10.7. The van der Waals surface area contributed by atoms with Gasteiger partial charge in [-0.25, -0.2) is 22.5 Å². The smallest absolute Gasteiger partial charge is 0.265 e. The molecule has 2 atom stereocenters. The number of rotatable bonds is 6. The maximum Gasteiger partial charge on any atom is 0.265 e. The summed E-state index contributed by atoms with van der Waals surface area (Å²) in [6, 6.07) is -1.12. The summed E-state index contributed by atoms with van der Waals surface area (Å²) < 4.78 is 56.3. The van der Waals surface area contributed by atoms with Gasteiger partial charge in [-0.2, -0.15) is 0 Å². The van der Waals surface area contributed by atoms with E-state index in [4.69, 9.17) is 5.73 Å². The van der Waals surface area contributed by atoms with Crippen molar-refractivity contribution in [2.24, 2.45) is 5.73 Å². The molecule has 1 aliphatic heterocycles.